The van der Waals surface area contributed by atoms with E-state index in [4.69, 9.17) is 0 Å². The molecule has 0 saturated carbocycles. The van der Waals surface area contributed by atoms with E-state index in [-0.39, 0.29) is 10.8 Å². The van der Waals surface area contributed by atoms with Crippen LogP contribution in [0.4, 0.5) is 5.82 Å². The molecule has 0 bridgehead atoms. The Morgan fingerprint density at radius 2 is 2.06 bits per heavy atom. The van der Waals surface area contributed by atoms with Gasteiger partial charge in [0.25, 0.3) is 0 Å². The molecule has 0 atom stereocenters. The summed E-state index contributed by atoms with van der Waals surface area (Å²) in [4.78, 5) is 4.15. The Morgan fingerprint density at radius 1 is 1.38 bits per heavy atom. The Morgan fingerprint density at radius 3 is 2.50 bits per heavy atom. The number of rotatable bonds is 5. The van der Waals surface area contributed by atoms with Crippen molar-refractivity contribution in [3.63, 3.8) is 0 Å². The Balaban J connectivity index is 2.82. The van der Waals surface area contributed by atoms with Gasteiger partial charge in [0.05, 0.1) is 0 Å². The van der Waals surface area contributed by atoms with Gasteiger partial charge in [-0.05, 0) is 18.1 Å². The van der Waals surface area contributed by atoms with Gasteiger partial charge in [-0.15, -0.1) is 0 Å². The maximum Gasteiger partial charge on any atom is 0.242 e. The van der Waals surface area contributed by atoms with Crippen molar-refractivity contribution in [2.75, 3.05) is 18.9 Å². The molecule has 5 nitrogen and oxygen atoms in total. The highest BCUT2D eigenvalue weighted by Gasteiger charge is 2.14. The van der Waals surface area contributed by atoms with Crippen molar-refractivity contribution in [2.24, 2.45) is 5.92 Å². The van der Waals surface area contributed by atoms with Gasteiger partial charge in [0.2, 0.25) is 10.0 Å². The van der Waals surface area contributed by atoms with E-state index in [0.29, 0.717) is 12.4 Å². The zero-order chi connectivity index (χ0) is 12.2. The van der Waals surface area contributed by atoms with Gasteiger partial charge in [-0.2, -0.15) is 0 Å². The van der Waals surface area contributed by atoms with Crippen LogP contribution in [0, 0.1) is 5.92 Å². The molecule has 0 aromatic carbocycles. The molecule has 6 heteroatoms. The van der Waals surface area contributed by atoms with Crippen LogP contribution >= 0.6 is 0 Å². The van der Waals surface area contributed by atoms with E-state index in [2.05, 4.69) is 15.0 Å². The molecule has 1 aromatic rings. The molecule has 16 heavy (non-hydrogen) atoms. The molecule has 0 aliphatic rings. The lowest BCUT2D eigenvalue weighted by atomic mass is 10.2. The number of nitrogens with one attached hydrogen (secondary N) is 2. The summed E-state index contributed by atoms with van der Waals surface area (Å²) in [6.45, 7) is 4.33. The van der Waals surface area contributed by atoms with Crippen molar-refractivity contribution in [3.8, 4) is 0 Å². The predicted octanol–water partition coefficient (Wildman–Crippen LogP) is 1.06. The van der Waals surface area contributed by atoms with E-state index in [1.807, 2.05) is 13.8 Å². The highest BCUT2D eigenvalue weighted by Crippen LogP contribution is 2.10. The Kier molecular flexibility index (Phi) is 4.26. The van der Waals surface area contributed by atoms with Crippen molar-refractivity contribution >= 4 is 15.8 Å². The number of anilines is 1. The maximum atomic E-state index is 11.8. The summed E-state index contributed by atoms with van der Waals surface area (Å²) in [5.41, 5.74) is 0. The quantitative estimate of drug-likeness (QED) is 0.811. The first kappa shape index (κ1) is 12.9. The summed E-state index contributed by atoms with van der Waals surface area (Å²) in [6.07, 6.45) is 1.34. The molecule has 2 N–H and O–H groups in total. The number of aromatic nitrogens is 1. The summed E-state index contributed by atoms with van der Waals surface area (Å²) in [5.74, 6) is 0.919. The number of nitrogens with zero attached hydrogens (tertiary/aromatic N) is 1. The van der Waals surface area contributed by atoms with E-state index in [9.17, 15) is 8.42 Å². The average Bonchev–Trinajstić information content (AvgIpc) is 2.27. The number of hydrogen-bond acceptors (Lipinski definition) is 4. The van der Waals surface area contributed by atoms with Gasteiger partial charge in [0.15, 0.2) is 0 Å². The van der Waals surface area contributed by atoms with Crippen LogP contribution in [0.15, 0.2) is 23.2 Å². The monoisotopic (exact) mass is 243 g/mol. The van der Waals surface area contributed by atoms with Crippen molar-refractivity contribution in [1.29, 1.82) is 0 Å². The molecule has 0 spiro atoms. The molecule has 90 valence electrons. The van der Waals surface area contributed by atoms with Crippen LogP contribution in [0.5, 0.6) is 0 Å². The zero-order valence-corrected chi connectivity index (χ0v) is 10.5. The minimum Gasteiger partial charge on any atom is -0.373 e. The molecule has 1 heterocycles. The average molecular weight is 243 g/mol. The Hall–Kier alpha value is -1.14. The van der Waals surface area contributed by atoms with Crippen molar-refractivity contribution in [2.45, 2.75) is 18.7 Å². The molecule has 1 aromatic heterocycles. The molecule has 0 radical (unpaired) electrons. The first-order chi connectivity index (χ1) is 7.45. The summed E-state index contributed by atoms with van der Waals surface area (Å²) in [6, 6.07) is 3.16. The summed E-state index contributed by atoms with van der Waals surface area (Å²) in [5, 5.41) is 2.83. The highest BCUT2D eigenvalue weighted by atomic mass is 32.2. The summed E-state index contributed by atoms with van der Waals surface area (Å²) < 4.78 is 26.1. The van der Waals surface area contributed by atoms with Gasteiger partial charge in [-0.3, -0.25) is 0 Å². The third-order valence-corrected chi connectivity index (χ3v) is 3.39. The Labute approximate surface area is 96.3 Å². The second-order valence-electron chi connectivity index (χ2n) is 3.87. The molecule has 0 fully saturated rings. The summed E-state index contributed by atoms with van der Waals surface area (Å²) in [7, 11) is -1.69. The molecule has 0 unspecified atom stereocenters. The standard InChI is InChI=1S/C10H17N3O2S/c1-8(2)6-13-16(14,15)9-4-5-10(11-3)12-7-9/h4-5,7-8,13H,6H2,1-3H3,(H,11,12). The van der Waals surface area contributed by atoms with Crippen LogP contribution in [0.3, 0.4) is 0 Å². The van der Waals surface area contributed by atoms with E-state index in [1.54, 1.807) is 13.1 Å². The highest BCUT2D eigenvalue weighted by molar-refractivity contribution is 7.89. The largest absolute Gasteiger partial charge is 0.373 e. The number of pyridine rings is 1. The molecular weight excluding hydrogens is 226 g/mol. The lowest BCUT2D eigenvalue weighted by Gasteiger charge is -2.08. The van der Waals surface area contributed by atoms with E-state index in [1.165, 1.54) is 12.3 Å². The fourth-order valence-electron chi connectivity index (χ4n) is 1.05. The molecular formula is C10H17N3O2S. The van der Waals surface area contributed by atoms with E-state index < -0.39 is 10.0 Å². The minimum atomic E-state index is -3.42. The molecule has 0 saturated heterocycles. The number of sulfonamides is 1. The smallest absolute Gasteiger partial charge is 0.242 e. The summed E-state index contributed by atoms with van der Waals surface area (Å²) >= 11 is 0. The first-order valence-corrected chi connectivity index (χ1v) is 6.57. The van der Waals surface area contributed by atoms with Crippen LogP contribution in [0.2, 0.25) is 0 Å². The second-order valence-corrected chi connectivity index (χ2v) is 5.64. The third kappa shape index (κ3) is 3.46. The zero-order valence-electron chi connectivity index (χ0n) is 9.69. The SMILES string of the molecule is CNc1ccc(S(=O)(=O)NCC(C)C)cn1. The Bertz CT molecular complexity index is 426. The van der Waals surface area contributed by atoms with Gasteiger partial charge in [0, 0.05) is 19.8 Å². The molecule has 0 aliphatic heterocycles. The maximum absolute atomic E-state index is 11.8. The van der Waals surface area contributed by atoms with Gasteiger partial charge < -0.3 is 5.32 Å². The van der Waals surface area contributed by atoms with Gasteiger partial charge >= 0.3 is 0 Å². The topological polar surface area (TPSA) is 71.1 Å². The van der Waals surface area contributed by atoms with Crippen LogP contribution in [0.25, 0.3) is 0 Å². The van der Waals surface area contributed by atoms with Crippen LogP contribution < -0.4 is 10.0 Å². The molecule has 1 rings (SSSR count). The fraction of sp³-hybridized carbons (Fsp3) is 0.500. The second kappa shape index (κ2) is 5.27. The van der Waals surface area contributed by atoms with Crippen LogP contribution in [-0.2, 0) is 10.0 Å². The van der Waals surface area contributed by atoms with Crippen LogP contribution in [0.1, 0.15) is 13.8 Å². The van der Waals surface area contributed by atoms with E-state index >= 15 is 0 Å². The van der Waals surface area contributed by atoms with Gasteiger partial charge in [-0.25, -0.2) is 18.1 Å². The van der Waals surface area contributed by atoms with Crippen molar-refractivity contribution in [3.05, 3.63) is 18.3 Å². The van der Waals surface area contributed by atoms with Crippen LogP contribution in [-0.4, -0.2) is 27.0 Å². The molecule has 0 aliphatic carbocycles. The molecule has 0 amide bonds. The number of hydrogen-bond donors (Lipinski definition) is 2. The van der Waals surface area contributed by atoms with Gasteiger partial charge in [0.1, 0.15) is 10.7 Å². The van der Waals surface area contributed by atoms with Crippen molar-refractivity contribution in [1.82, 2.24) is 9.71 Å². The van der Waals surface area contributed by atoms with Gasteiger partial charge in [-0.1, -0.05) is 13.8 Å². The minimum absolute atomic E-state index is 0.187. The lowest BCUT2D eigenvalue weighted by Crippen LogP contribution is -2.27. The normalized spacial score (nSPS) is 11.8. The van der Waals surface area contributed by atoms with E-state index in [0.717, 1.165) is 0 Å². The third-order valence-electron chi connectivity index (χ3n) is 1.98. The first-order valence-electron chi connectivity index (χ1n) is 5.09. The fourth-order valence-corrected chi connectivity index (χ4v) is 2.20. The lowest BCUT2D eigenvalue weighted by molar-refractivity contribution is 0.560. The van der Waals surface area contributed by atoms with Crippen molar-refractivity contribution < 1.29 is 8.42 Å². The predicted molar refractivity (Wildman–Crippen MR) is 63.8 cm³/mol.